The summed E-state index contributed by atoms with van der Waals surface area (Å²) in [7, 11) is 0. The molecular formula is C16H20ClFN2O2. The number of carbonyl (C=O) groups is 1. The van der Waals surface area contributed by atoms with Crippen LogP contribution in [0.1, 0.15) is 19.3 Å². The molecule has 0 aromatic heterocycles. The maximum Gasteiger partial charge on any atom is 0.230 e. The summed E-state index contributed by atoms with van der Waals surface area (Å²) in [4.78, 5) is 14.6. The van der Waals surface area contributed by atoms with Crippen LogP contribution in [0.2, 0.25) is 0 Å². The second kappa shape index (κ2) is 5.70. The highest BCUT2D eigenvalue weighted by Gasteiger charge is 2.58. The highest BCUT2D eigenvalue weighted by molar-refractivity contribution is 5.99. The molecule has 4 rings (SSSR count). The van der Waals surface area contributed by atoms with E-state index in [1.807, 2.05) is 0 Å². The number of hydrogen-bond acceptors (Lipinski definition) is 3. The summed E-state index contributed by atoms with van der Waals surface area (Å²) < 4.78 is 18.8. The van der Waals surface area contributed by atoms with E-state index in [0.717, 1.165) is 32.4 Å². The van der Waals surface area contributed by atoms with Crippen LogP contribution in [0.3, 0.4) is 0 Å². The summed E-state index contributed by atoms with van der Waals surface area (Å²) in [6.45, 7) is 3.01. The first-order chi connectivity index (χ1) is 10.2. The number of ether oxygens (including phenoxy) is 1. The standard InChI is InChI=1S/C16H19FN2O2.ClH/c17-11-1-2-13-14(9-11)21-8-7-19(13)15(20)12-10-16(12)3-5-18-6-4-16;/h1-2,9,12,18H,3-8,10H2;1H. The zero-order valence-electron chi connectivity index (χ0n) is 12.3. The first kappa shape index (κ1) is 15.6. The Morgan fingerprint density at radius 3 is 2.91 bits per heavy atom. The Bertz CT molecular complexity index is 590. The quantitative estimate of drug-likeness (QED) is 0.861. The third-order valence-electron chi connectivity index (χ3n) is 5.14. The predicted molar refractivity (Wildman–Crippen MR) is 84.1 cm³/mol. The maximum atomic E-state index is 13.3. The minimum Gasteiger partial charge on any atom is -0.489 e. The molecule has 1 amide bonds. The van der Waals surface area contributed by atoms with Crippen LogP contribution >= 0.6 is 12.4 Å². The van der Waals surface area contributed by atoms with Gasteiger partial charge in [0.15, 0.2) is 0 Å². The normalized spacial score (nSPS) is 25.0. The Kier molecular flexibility index (Phi) is 4.03. The Hall–Kier alpha value is -1.33. The second-order valence-corrected chi connectivity index (χ2v) is 6.32. The van der Waals surface area contributed by atoms with Gasteiger partial charge in [-0.25, -0.2) is 4.39 Å². The van der Waals surface area contributed by atoms with Gasteiger partial charge in [-0.05, 0) is 49.9 Å². The number of rotatable bonds is 1. The minimum absolute atomic E-state index is 0. The van der Waals surface area contributed by atoms with Crippen molar-refractivity contribution in [2.75, 3.05) is 31.1 Å². The van der Waals surface area contributed by atoms with E-state index in [9.17, 15) is 9.18 Å². The van der Waals surface area contributed by atoms with Gasteiger partial charge in [0.25, 0.3) is 0 Å². The largest absolute Gasteiger partial charge is 0.489 e. The molecule has 2 fully saturated rings. The molecule has 1 aromatic carbocycles. The predicted octanol–water partition coefficient (Wildman–Crippen LogP) is 2.36. The van der Waals surface area contributed by atoms with Gasteiger partial charge in [-0.3, -0.25) is 4.79 Å². The number of carbonyl (C=O) groups excluding carboxylic acids is 1. The van der Waals surface area contributed by atoms with Gasteiger partial charge in [0.1, 0.15) is 18.2 Å². The van der Waals surface area contributed by atoms with Crippen molar-refractivity contribution in [2.45, 2.75) is 19.3 Å². The van der Waals surface area contributed by atoms with Crippen molar-refractivity contribution in [3.05, 3.63) is 24.0 Å². The maximum absolute atomic E-state index is 13.3. The molecule has 1 saturated heterocycles. The van der Waals surface area contributed by atoms with Gasteiger partial charge in [0, 0.05) is 12.0 Å². The Morgan fingerprint density at radius 1 is 1.36 bits per heavy atom. The van der Waals surface area contributed by atoms with Gasteiger partial charge < -0.3 is 15.0 Å². The molecule has 1 spiro atoms. The number of anilines is 1. The van der Waals surface area contributed by atoms with Crippen molar-refractivity contribution in [3.8, 4) is 5.75 Å². The molecule has 1 N–H and O–H groups in total. The number of hydrogen-bond donors (Lipinski definition) is 1. The van der Waals surface area contributed by atoms with Gasteiger partial charge in [-0.2, -0.15) is 0 Å². The third-order valence-corrected chi connectivity index (χ3v) is 5.14. The molecule has 6 heteroatoms. The fraction of sp³-hybridized carbons (Fsp3) is 0.562. The molecule has 120 valence electrons. The zero-order valence-corrected chi connectivity index (χ0v) is 13.1. The molecule has 0 radical (unpaired) electrons. The van der Waals surface area contributed by atoms with Crippen molar-refractivity contribution < 1.29 is 13.9 Å². The van der Waals surface area contributed by atoms with Crippen LogP contribution in [0.5, 0.6) is 5.75 Å². The van der Waals surface area contributed by atoms with Crippen LogP contribution in [-0.2, 0) is 4.79 Å². The lowest BCUT2D eigenvalue weighted by Gasteiger charge is -2.31. The summed E-state index contributed by atoms with van der Waals surface area (Å²) in [6.07, 6.45) is 3.18. The molecule has 2 heterocycles. The average Bonchev–Trinajstić information content (AvgIpc) is 3.19. The Labute approximate surface area is 135 Å². The van der Waals surface area contributed by atoms with Gasteiger partial charge in [-0.1, -0.05) is 0 Å². The highest BCUT2D eigenvalue weighted by Crippen LogP contribution is 2.59. The molecule has 0 bridgehead atoms. The van der Waals surface area contributed by atoms with E-state index in [-0.39, 0.29) is 35.5 Å². The van der Waals surface area contributed by atoms with Crippen molar-refractivity contribution >= 4 is 24.0 Å². The molecule has 1 unspecified atom stereocenters. The molecular weight excluding hydrogens is 307 g/mol. The van der Waals surface area contributed by atoms with Crippen LogP contribution in [0.4, 0.5) is 10.1 Å². The number of piperidine rings is 1. The summed E-state index contributed by atoms with van der Waals surface area (Å²) in [5.41, 5.74) is 0.935. The molecule has 1 aliphatic carbocycles. The molecule has 1 saturated carbocycles. The van der Waals surface area contributed by atoms with Gasteiger partial charge in [0.05, 0.1) is 12.2 Å². The number of benzene rings is 1. The zero-order chi connectivity index (χ0) is 14.4. The third kappa shape index (κ3) is 2.46. The van der Waals surface area contributed by atoms with E-state index < -0.39 is 0 Å². The number of nitrogens with zero attached hydrogens (tertiary/aromatic N) is 1. The SMILES string of the molecule is Cl.O=C(C1CC12CCNCC2)N1CCOc2cc(F)ccc21. The molecule has 3 aliphatic rings. The fourth-order valence-corrected chi connectivity index (χ4v) is 3.79. The molecule has 4 nitrogen and oxygen atoms in total. The van der Waals surface area contributed by atoms with Crippen LogP contribution in [0.25, 0.3) is 0 Å². The van der Waals surface area contributed by atoms with Crippen molar-refractivity contribution in [1.82, 2.24) is 5.32 Å². The average molecular weight is 327 g/mol. The topological polar surface area (TPSA) is 41.6 Å². The van der Waals surface area contributed by atoms with Crippen LogP contribution < -0.4 is 15.0 Å². The van der Waals surface area contributed by atoms with Gasteiger partial charge >= 0.3 is 0 Å². The summed E-state index contributed by atoms with van der Waals surface area (Å²) in [5.74, 6) is 0.475. The number of nitrogens with one attached hydrogen (secondary N) is 1. The highest BCUT2D eigenvalue weighted by atomic mass is 35.5. The lowest BCUT2D eigenvalue weighted by Crippen LogP contribution is -2.41. The number of amides is 1. The van der Waals surface area contributed by atoms with E-state index in [2.05, 4.69) is 5.32 Å². The van der Waals surface area contributed by atoms with Crippen LogP contribution in [0.15, 0.2) is 18.2 Å². The van der Waals surface area contributed by atoms with E-state index in [1.54, 1.807) is 11.0 Å². The Balaban J connectivity index is 0.00000144. The molecule has 1 aromatic rings. The van der Waals surface area contributed by atoms with Crippen molar-refractivity contribution in [1.29, 1.82) is 0 Å². The minimum atomic E-state index is -0.329. The Morgan fingerprint density at radius 2 is 2.14 bits per heavy atom. The first-order valence-corrected chi connectivity index (χ1v) is 7.64. The lowest BCUT2D eigenvalue weighted by molar-refractivity contribution is -0.121. The van der Waals surface area contributed by atoms with E-state index in [1.165, 1.54) is 12.1 Å². The van der Waals surface area contributed by atoms with E-state index in [4.69, 9.17) is 4.74 Å². The number of fused-ring (bicyclic) bond motifs is 1. The van der Waals surface area contributed by atoms with Crippen LogP contribution in [-0.4, -0.2) is 32.1 Å². The van der Waals surface area contributed by atoms with Gasteiger partial charge in [-0.15, -0.1) is 12.4 Å². The van der Waals surface area contributed by atoms with E-state index >= 15 is 0 Å². The van der Waals surface area contributed by atoms with Crippen LogP contribution in [0, 0.1) is 17.2 Å². The molecule has 22 heavy (non-hydrogen) atoms. The molecule has 1 atom stereocenters. The van der Waals surface area contributed by atoms with Crippen molar-refractivity contribution in [2.24, 2.45) is 11.3 Å². The molecule has 2 aliphatic heterocycles. The smallest absolute Gasteiger partial charge is 0.230 e. The monoisotopic (exact) mass is 326 g/mol. The summed E-state index contributed by atoms with van der Waals surface area (Å²) in [5, 5.41) is 3.35. The first-order valence-electron chi connectivity index (χ1n) is 7.64. The second-order valence-electron chi connectivity index (χ2n) is 6.32. The summed E-state index contributed by atoms with van der Waals surface area (Å²) >= 11 is 0. The fourth-order valence-electron chi connectivity index (χ4n) is 3.79. The summed E-state index contributed by atoms with van der Waals surface area (Å²) in [6, 6.07) is 4.40. The van der Waals surface area contributed by atoms with E-state index in [0.29, 0.717) is 24.6 Å². The number of halogens is 2. The van der Waals surface area contributed by atoms with Gasteiger partial charge in [0.2, 0.25) is 5.91 Å². The lowest BCUT2D eigenvalue weighted by atomic mass is 9.91. The van der Waals surface area contributed by atoms with Crippen molar-refractivity contribution in [3.63, 3.8) is 0 Å².